The fourth-order valence-electron chi connectivity index (χ4n) is 2.61. The molecule has 21 heavy (non-hydrogen) atoms. The number of nitrogens with zero attached hydrogens (tertiary/aromatic N) is 3. The molecule has 0 unspecified atom stereocenters. The van der Waals surface area contributed by atoms with E-state index < -0.39 is 0 Å². The van der Waals surface area contributed by atoms with Crippen LogP contribution in [0.3, 0.4) is 0 Å². The standard InChI is InChI=1S/C14H18N4O2S/c1-8-10-12(18-6-4-15-5-7-18)16-9(2)17-13(10)21-11(8)14(19)20-3/h15H,4-7H2,1-3H3. The second kappa shape index (κ2) is 5.57. The number of fused-ring (bicyclic) bond motifs is 1. The van der Waals surface area contributed by atoms with Crippen LogP contribution in [0.25, 0.3) is 10.2 Å². The minimum absolute atomic E-state index is 0.306. The van der Waals surface area contributed by atoms with E-state index in [1.807, 2.05) is 13.8 Å². The summed E-state index contributed by atoms with van der Waals surface area (Å²) < 4.78 is 4.86. The molecular weight excluding hydrogens is 288 g/mol. The average Bonchev–Trinajstić information content (AvgIpc) is 2.83. The van der Waals surface area contributed by atoms with Gasteiger partial charge in [-0.1, -0.05) is 0 Å². The highest BCUT2D eigenvalue weighted by Gasteiger charge is 2.23. The summed E-state index contributed by atoms with van der Waals surface area (Å²) in [6.07, 6.45) is 0. The molecule has 0 saturated carbocycles. The Balaban J connectivity index is 2.18. The Hall–Kier alpha value is -1.73. The summed E-state index contributed by atoms with van der Waals surface area (Å²) in [7, 11) is 1.40. The third-order valence-corrected chi connectivity index (χ3v) is 4.84. The van der Waals surface area contributed by atoms with Crippen molar-refractivity contribution in [2.24, 2.45) is 0 Å². The van der Waals surface area contributed by atoms with Gasteiger partial charge in [-0.2, -0.15) is 0 Å². The van der Waals surface area contributed by atoms with E-state index in [1.54, 1.807) is 0 Å². The van der Waals surface area contributed by atoms with E-state index in [-0.39, 0.29) is 5.97 Å². The quantitative estimate of drug-likeness (QED) is 0.848. The number of carbonyl (C=O) groups excluding carboxylic acids is 1. The summed E-state index contributed by atoms with van der Waals surface area (Å²) in [4.78, 5) is 24.7. The molecule has 2 aromatic rings. The van der Waals surface area contributed by atoms with E-state index >= 15 is 0 Å². The van der Waals surface area contributed by atoms with Crippen LogP contribution in [0.2, 0.25) is 0 Å². The molecule has 1 fully saturated rings. The molecule has 0 spiro atoms. The van der Waals surface area contributed by atoms with Crippen molar-refractivity contribution < 1.29 is 9.53 Å². The molecule has 0 atom stereocenters. The van der Waals surface area contributed by atoms with Crippen LogP contribution in [-0.2, 0) is 4.74 Å². The van der Waals surface area contributed by atoms with Gasteiger partial charge in [0.1, 0.15) is 21.3 Å². The van der Waals surface area contributed by atoms with E-state index in [2.05, 4.69) is 20.2 Å². The summed E-state index contributed by atoms with van der Waals surface area (Å²) >= 11 is 1.38. The molecule has 0 aromatic carbocycles. The third-order valence-electron chi connectivity index (χ3n) is 3.67. The topological polar surface area (TPSA) is 67.3 Å². The molecule has 0 bridgehead atoms. The van der Waals surface area contributed by atoms with Crippen molar-refractivity contribution in [2.45, 2.75) is 13.8 Å². The fraction of sp³-hybridized carbons (Fsp3) is 0.500. The average molecular weight is 306 g/mol. The zero-order chi connectivity index (χ0) is 15.0. The van der Waals surface area contributed by atoms with Gasteiger partial charge >= 0.3 is 5.97 Å². The molecule has 3 heterocycles. The first-order chi connectivity index (χ1) is 10.1. The minimum atomic E-state index is -0.306. The summed E-state index contributed by atoms with van der Waals surface area (Å²) in [5.41, 5.74) is 0.912. The van der Waals surface area contributed by atoms with Gasteiger partial charge in [0.25, 0.3) is 0 Å². The number of hydrogen-bond donors (Lipinski definition) is 1. The van der Waals surface area contributed by atoms with Crippen LogP contribution in [0.5, 0.6) is 0 Å². The van der Waals surface area contributed by atoms with E-state index in [0.29, 0.717) is 4.88 Å². The lowest BCUT2D eigenvalue weighted by Gasteiger charge is -2.29. The Bertz CT molecular complexity index is 692. The van der Waals surface area contributed by atoms with Crippen molar-refractivity contribution in [1.82, 2.24) is 15.3 Å². The lowest BCUT2D eigenvalue weighted by molar-refractivity contribution is 0.0605. The van der Waals surface area contributed by atoms with Crippen LogP contribution in [0, 0.1) is 13.8 Å². The smallest absolute Gasteiger partial charge is 0.348 e. The molecule has 3 rings (SSSR count). The number of piperazine rings is 1. The molecular formula is C14H18N4O2S. The molecule has 0 aliphatic carbocycles. The molecule has 1 N–H and O–H groups in total. The first kappa shape index (κ1) is 14.2. The molecule has 1 aliphatic heterocycles. The van der Waals surface area contributed by atoms with Gasteiger partial charge in [0.15, 0.2) is 0 Å². The highest BCUT2D eigenvalue weighted by Crippen LogP contribution is 2.35. The number of hydrogen-bond acceptors (Lipinski definition) is 7. The van der Waals surface area contributed by atoms with Crippen LogP contribution in [0.15, 0.2) is 0 Å². The highest BCUT2D eigenvalue weighted by molar-refractivity contribution is 7.20. The van der Waals surface area contributed by atoms with Gasteiger partial charge in [0.2, 0.25) is 0 Å². The largest absolute Gasteiger partial charge is 0.465 e. The minimum Gasteiger partial charge on any atom is -0.465 e. The second-order valence-electron chi connectivity index (χ2n) is 5.06. The van der Waals surface area contributed by atoms with E-state index in [4.69, 9.17) is 4.74 Å². The van der Waals surface area contributed by atoms with Crippen molar-refractivity contribution >= 4 is 33.3 Å². The number of esters is 1. The zero-order valence-corrected chi connectivity index (χ0v) is 13.2. The van der Waals surface area contributed by atoms with Gasteiger partial charge in [0.05, 0.1) is 12.5 Å². The van der Waals surface area contributed by atoms with Crippen LogP contribution in [0.1, 0.15) is 21.1 Å². The van der Waals surface area contributed by atoms with Crippen molar-refractivity contribution in [2.75, 3.05) is 38.2 Å². The molecule has 0 radical (unpaired) electrons. The molecule has 6 nitrogen and oxygen atoms in total. The predicted octanol–water partition coefficient (Wildman–Crippen LogP) is 1.50. The maximum Gasteiger partial charge on any atom is 0.348 e. The number of carbonyl (C=O) groups is 1. The SMILES string of the molecule is COC(=O)c1sc2nc(C)nc(N3CCNCC3)c2c1C. The summed E-state index contributed by atoms with van der Waals surface area (Å²) in [5.74, 6) is 1.36. The Morgan fingerprint density at radius 2 is 2.00 bits per heavy atom. The predicted molar refractivity (Wildman–Crippen MR) is 83.3 cm³/mol. The summed E-state index contributed by atoms with van der Waals surface area (Å²) in [6, 6.07) is 0. The Kier molecular flexibility index (Phi) is 3.77. The van der Waals surface area contributed by atoms with E-state index in [1.165, 1.54) is 18.4 Å². The number of anilines is 1. The van der Waals surface area contributed by atoms with Gasteiger partial charge in [-0.3, -0.25) is 0 Å². The van der Waals surface area contributed by atoms with Gasteiger partial charge in [-0.15, -0.1) is 11.3 Å². The number of methoxy groups -OCH3 is 1. The number of ether oxygens (including phenoxy) is 1. The van der Waals surface area contributed by atoms with Crippen LogP contribution in [0.4, 0.5) is 5.82 Å². The van der Waals surface area contributed by atoms with Crippen molar-refractivity contribution in [3.8, 4) is 0 Å². The number of nitrogens with one attached hydrogen (secondary N) is 1. The highest BCUT2D eigenvalue weighted by atomic mass is 32.1. The lowest BCUT2D eigenvalue weighted by Crippen LogP contribution is -2.44. The first-order valence-corrected chi connectivity index (χ1v) is 7.75. The molecule has 1 saturated heterocycles. The van der Waals surface area contributed by atoms with Gasteiger partial charge < -0.3 is 15.0 Å². The monoisotopic (exact) mass is 306 g/mol. The molecule has 2 aromatic heterocycles. The van der Waals surface area contributed by atoms with Gasteiger partial charge in [0, 0.05) is 26.2 Å². The van der Waals surface area contributed by atoms with Crippen LogP contribution in [-0.4, -0.2) is 49.2 Å². The van der Waals surface area contributed by atoms with Gasteiger partial charge in [-0.05, 0) is 19.4 Å². The number of aromatic nitrogens is 2. The molecule has 7 heteroatoms. The van der Waals surface area contributed by atoms with Crippen LogP contribution >= 0.6 is 11.3 Å². The van der Waals surface area contributed by atoms with Crippen molar-refractivity contribution in [3.05, 3.63) is 16.3 Å². The van der Waals surface area contributed by atoms with Crippen molar-refractivity contribution in [1.29, 1.82) is 0 Å². The van der Waals surface area contributed by atoms with Crippen LogP contribution < -0.4 is 10.2 Å². The normalized spacial score (nSPS) is 15.5. The summed E-state index contributed by atoms with van der Waals surface area (Å²) in [6.45, 7) is 7.53. The van der Waals surface area contributed by atoms with E-state index in [9.17, 15) is 4.79 Å². The Labute approximate surface area is 127 Å². The third kappa shape index (κ3) is 2.47. The van der Waals surface area contributed by atoms with E-state index in [0.717, 1.165) is 53.6 Å². The zero-order valence-electron chi connectivity index (χ0n) is 12.4. The maximum absolute atomic E-state index is 11.9. The Morgan fingerprint density at radius 1 is 1.29 bits per heavy atom. The van der Waals surface area contributed by atoms with Crippen molar-refractivity contribution in [3.63, 3.8) is 0 Å². The fourth-order valence-corrected chi connectivity index (χ4v) is 3.75. The van der Waals surface area contributed by atoms with Gasteiger partial charge in [-0.25, -0.2) is 14.8 Å². The Morgan fingerprint density at radius 3 is 2.67 bits per heavy atom. The number of thiophene rings is 1. The number of aryl methyl sites for hydroxylation is 2. The molecule has 112 valence electrons. The maximum atomic E-state index is 11.9. The molecule has 1 aliphatic rings. The lowest BCUT2D eigenvalue weighted by atomic mass is 10.2. The first-order valence-electron chi connectivity index (χ1n) is 6.93. The summed E-state index contributed by atoms with van der Waals surface area (Å²) in [5, 5.41) is 4.32. The molecule has 0 amide bonds. The number of rotatable bonds is 2. The second-order valence-corrected chi connectivity index (χ2v) is 6.06.